The van der Waals surface area contributed by atoms with E-state index in [9.17, 15) is 4.79 Å². The average molecular weight is 446 g/mol. The molecule has 0 aliphatic heterocycles. The van der Waals surface area contributed by atoms with Crippen LogP contribution in [-0.4, -0.2) is 10.2 Å². The minimum absolute atomic E-state index is 0.340. The third-order valence-electron chi connectivity index (χ3n) is 5.32. The van der Waals surface area contributed by atoms with Gasteiger partial charge in [-0.3, -0.25) is 0 Å². The van der Waals surface area contributed by atoms with Crippen molar-refractivity contribution in [3.63, 3.8) is 0 Å². The van der Waals surface area contributed by atoms with Crippen molar-refractivity contribution in [1.82, 2.24) is 10.2 Å². The van der Waals surface area contributed by atoms with Crippen LogP contribution in [0.25, 0.3) is 21.7 Å². The lowest BCUT2D eigenvalue weighted by molar-refractivity contribution is 0.560. The number of thioether (sulfide) groups is 1. The zero-order chi connectivity index (χ0) is 21.4. The third kappa shape index (κ3) is 3.94. The maximum Gasteiger partial charge on any atom is 0.336 e. The number of nitrogens with zero attached hydrogens (tertiary/aromatic N) is 2. The number of aryl methyl sites for hydroxylation is 1. The van der Waals surface area contributed by atoms with Crippen LogP contribution in [0.4, 0.5) is 10.8 Å². The SMILES string of the molecule is Cc1cccc(Nc2nnc(SCc3cc(=O)oc4ccc5ccccc5c34)s2)c1C. The van der Waals surface area contributed by atoms with E-state index in [0.717, 1.165) is 36.9 Å². The van der Waals surface area contributed by atoms with Gasteiger partial charge in [0.1, 0.15) is 5.58 Å². The summed E-state index contributed by atoms with van der Waals surface area (Å²) >= 11 is 3.07. The van der Waals surface area contributed by atoms with Crippen molar-refractivity contribution in [2.45, 2.75) is 23.9 Å². The highest BCUT2D eigenvalue weighted by molar-refractivity contribution is 8.00. The number of rotatable bonds is 5. The second-order valence-electron chi connectivity index (χ2n) is 7.28. The lowest BCUT2D eigenvalue weighted by Gasteiger charge is -2.08. The molecule has 0 amide bonds. The van der Waals surface area contributed by atoms with E-state index in [1.807, 2.05) is 36.4 Å². The van der Waals surface area contributed by atoms with Gasteiger partial charge in [-0.2, -0.15) is 0 Å². The van der Waals surface area contributed by atoms with Crippen LogP contribution in [0.3, 0.4) is 0 Å². The summed E-state index contributed by atoms with van der Waals surface area (Å²) < 4.78 is 6.30. The summed E-state index contributed by atoms with van der Waals surface area (Å²) in [5.74, 6) is 0.605. The van der Waals surface area contributed by atoms with Crippen molar-refractivity contribution in [3.05, 3.63) is 87.8 Å². The smallest absolute Gasteiger partial charge is 0.336 e. The highest BCUT2D eigenvalue weighted by Gasteiger charge is 2.12. The summed E-state index contributed by atoms with van der Waals surface area (Å²) in [5, 5.41) is 15.9. The summed E-state index contributed by atoms with van der Waals surface area (Å²) in [7, 11) is 0. The third-order valence-corrected chi connectivity index (χ3v) is 7.34. The predicted octanol–water partition coefficient (Wildman–Crippen LogP) is 6.45. The zero-order valence-corrected chi connectivity index (χ0v) is 18.6. The largest absolute Gasteiger partial charge is 0.423 e. The Hall–Kier alpha value is -3.16. The first-order valence-corrected chi connectivity index (χ1v) is 11.6. The Labute approximate surface area is 187 Å². The molecule has 0 unspecified atom stereocenters. The predicted molar refractivity (Wildman–Crippen MR) is 129 cm³/mol. The van der Waals surface area contributed by atoms with Crippen LogP contribution < -0.4 is 10.9 Å². The minimum Gasteiger partial charge on any atom is -0.423 e. The fraction of sp³-hybridized carbons (Fsp3) is 0.125. The van der Waals surface area contributed by atoms with Crippen LogP contribution >= 0.6 is 23.1 Å². The number of anilines is 2. The van der Waals surface area contributed by atoms with Gasteiger partial charge >= 0.3 is 5.63 Å². The molecule has 0 bridgehead atoms. The van der Waals surface area contributed by atoms with Crippen LogP contribution in [-0.2, 0) is 5.75 Å². The van der Waals surface area contributed by atoms with Gasteiger partial charge in [-0.05, 0) is 53.4 Å². The molecule has 7 heteroatoms. The molecule has 5 aromatic rings. The maximum atomic E-state index is 12.1. The van der Waals surface area contributed by atoms with E-state index in [-0.39, 0.29) is 5.63 Å². The fourth-order valence-corrected chi connectivity index (χ4v) is 5.34. The standard InChI is InChI=1S/C24H19N3O2S2/c1-14-6-5-9-19(15(14)2)25-23-26-27-24(31-23)30-13-17-12-21(28)29-20-11-10-16-7-3-4-8-18(16)22(17)20/h3-12H,13H2,1-2H3,(H,25,26). The molecule has 0 fully saturated rings. The molecule has 2 aromatic heterocycles. The molecule has 5 rings (SSSR count). The molecule has 31 heavy (non-hydrogen) atoms. The van der Waals surface area contributed by atoms with Crippen molar-refractivity contribution in [2.24, 2.45) is 0 Å². The Bertz CT molecular complexity index is 1470. The van der Waals surface area contributed by atoms with Gasteiger partial charge in [0, 0.05) is 22.9 Å². The second-order valence-corrected chi connectivity index (χ2v) is 9.48. The highest BCUT2D eigenvalue weighted by Crippen LogP contribution is 2.34. The van der Waals surface area contributed by atoms with E-state index in [4.69, 9.17) is 4.42 Å². The molecule has 2 heterocycles. The molecule has 0 saturated heterocycles. The van der Waals surface area contributed by atoms with E-state index < -0.39 is 0 Å². The second kappa shape index (κ2) is 8.17. The van der Waals surface area contributed by atoms with Crippen LogP contribution in [0.5, 0.6) is 0 Å². The normalized spacial score (nSPS) is 11.3. The van der Waals surface area contributed by atoms with Crippen molar-refractivity contribution < 1.29 is 4.42 Å². The van der Waals surface area contributed by atoms with E-state index >= 15 is 0 Å². The summed E-state index contributed by atoms with van der Waals surface area (Å²) in [6, 6.07) is 19.7. The molecule has 0 saturated carbocycles. The molecule has 3 aromatic carbocycles. The molecular weight excluding hydrogens is 426 g/mol. The first-order valence-electron chi connectivity index (χ1n) is 9.82. The van der Waals surface area contributed by atoms with E-state index in [2.05, 4.69) is 47.6 Å². The molecule has 5 nitrogen and oxygen atoms in total. The van der Waals surface area contributed by atoms with Gasteiger partial charge in [0.2, 0.25) is 5.13 Å². The molecule has 0 aliphatic carbocycles. The maximum absolute atomic E-state index is 12.1. The summed E-state index contributed by atoms with van der Waals surface area (Å²) in [6.07, 6.45) is 0. The molecule has 0 aliphatic rings. The minimum atomic E-state index is -0.340. The summed E-state index contributed by atoms with van der Waals surface area (Å²) in [4.78, 5) is 12.1. The fourth-order valence-electron chi connectivity index (χ4n) is 3.59. The highest BCUT2D eigenvalue weighted by atomic mass is 32.2. The molecule has 0 spiro atoms. The lowest BCUT2D eigenvalue weighted by Crippen LogP contribution is -2.00. The van der Waals surface area contributed by atoms with Gasteiger partial charge in [-0.15, -0.1) is 10.2 Å². The number of nitrogens with one attached hydrogen (secondary N) is 1. The molecular formula is C24H19N3O2S2. The molecule has 154 valence electrons. The van der Waals surface area contributed by atoms with Crippen molar-refractivity contribution >= 4 is 55.7 Å². The quantitative estimate of drug-likeness (QED) is 0.190. The molecule has 0 radical (unpaired) electrons. The number of fused-ring (bicyclic) bond motifs is 3. The Morgan fingerprint density at radius 2 is 1.90 bits per heavy atom. The number of benzene rings is 3. The van der Waals surface area contributed by atoms with Crippen molar-refractivity contribution in [2.75, 3.05) is 5.32 Å². The van der Waals surface area contributed by atoms with Gasteiger partial charge in [-0.25, -0.2) is 4.79 Å². The van der Waals surface area contributed by atoms with Crippen LogP contribution in [0.2, 0.25) is 0 Å². The zero-order valence-electron chi connectivity index (χ0n) is 17.0. The Morgan fingerprint density at radius 3 is 2.81 bits per heavy atom. The lowest BCUT2D eigenvalue weighted by atomic mass is 10.0. The van der Waals surface area contributed by atoms with E-state index in [1.165, 1.54) is 22.5 Å². The average Bonchev–Trinajstić information content (AvgIpc) is 3.22. The molecule has 1 N–H and O–H groups in total. The Balaban J connectivity index is 1.42. The van der Waals surface area contributed by atoms with Gasteiger partial charge in [0.05, 0.1) is 0 Å². The first kappa shape index (κ1) is 19.8. The number of aromatic nitrogens is 2. The Kier molecular flexibility index (Phi) is 5.21. The van der Waals surface area contributed by atoms with Crippen LogP contribution in [0.15, 0.2) is 74.2 Å². The number of hydrogen-bond acceptors (Lipinski definition) is 7. The Morgan fingerprint density at radius 1 is 1.03 bits per heavy atom. The van der Waals surface area contributed by atoms with E-state index in [0.29, 0.717) is 11.3 Å². The monoisotopic (exact) mass is 445 g/mol. The van der Waals surface area contributed by atoms with Crippen molar-refractivity contribution in [1.29, 1.82) is 0 Å². The van der Waals surface area contributed by atoms with Crippen LogP contribution in [0.1, 0.15) is 16.7 Å². The first-order chi connectivity index (χ1) is 15.1. The molecule has 0 atom stereocenters. The van der Waals surface area contributed by atoms with E-state index in [1.54, 1.807) is 17.8 Å². The van der Waals surface area contributed by atoms with Gasteiger partial charge in [-0.1, -0.05) is 65.6 Å². The summed E-state index contributed by atoms with van der Waals surface area (Å²) in [5.41, 5.74) is 4.66. The summed E-state index contributed by atoms with van der Waals surface area (Å²) in [6.45, 7) is 4.18. The van der Waals surface area contributed by atoms with Gasteiger partial charge < -0.3 is 9.73 Å². The topological polar surface area (TPSA) is 68.0 Å². The van der Waals surface area contributed by atoms with Crippen LogP contribution in [0, 0.1) is 13.8 Å². The van der Waals surface area contributed by atoms with Gasteiger partial charge in [0.15, 0.2) is 4.34 Å². The number of hydrogen-bond donors (Lipinski definition) is 1. The van der Waals surface area contributed by atoms with Crippen molar-refractivity contribution in [3.8, 4) is 0 Å². The van der Waals surface area contributed by atoms with Gasteiger partial charge in [0.25, 0.3) is 0 Å².